The van der Waals surface area contributed by atoms with E-state index in [4.69, 9.17) is 4.74 Å². The molecule has 1 aromatic carbocycles. The average Bonchev–Trinajstić information content (AvgIpc) is 3.56. The van der Waals surface area contributed by atoms with Gasteiger partial charge in [-0.1, -0.05) is 0 Å². The number of alkyl halides is 1. The zero-order chi connectivity index (χ0) is 24.9. The van der Waals surface area contributed by atoms with Crippen LogP contribution in [0.2, 0.25) is 0 Å². The standard InChI is InChI=1S/C25H28F3N5O2/c1-25(2,3)35-24(34)32-7-6-31(12-19(32)11-26)22-21-20(15-4-5-15)13-33(23(21)30-14-29-22)18-9-16(27)8-17(28)10-18/h8-10,13-15,19H,4-7,11-12H2,1-3H3/t19-/m0/s1. The second-order valence-corrected chi connectivity index (χ2v) is 10.2. The Morgan fingerprint density at radius 3 is 2.46 bits per heavy atom. The van der Waals surface area contributed by atoms with Crippen molar-refractivity contribution in [1.29, 1.82) is 0 Å². The highest BCUT2D eigenvalue weighted by Crippen LogP contribution is 2.46. The number of nitrogens with zero attached hydrogens (tertiary/aromatic N) is 5. The molecule has 0 N–H and O–H groups in total. The molecule has 186 valence electrons. The molecule has 7 nitrogen and oxygen atoms in total. The van der Waals surface area contributed by atoms with Crippen LogP contribution < -0.4 is 4.90 Å². The molecule has 3 heterocycles. The van der Waals surface area contributed by atoms with Gasteiger partial charge in [-0.2, -0.15) is 0 Å². The Morgan fingerprint density at radius 2 is 1.83 bits per heavy atom. The molecule has 1 saturated carbocycles. The van der Waals surface area contributed by atoms with Crippen molar-refractivity contribution in [3.05, 3.63) is 47.9 Å². The Labute approximate surface area is 201 Å². The molecule has 0 spiro atoms. The van der Waals surface area contributed by atoms with Crippen molar-refractivity contribution < 1.29 is 22.7 Å². The van der Waals surface area contributed by atoms with E-state index in [0.29, 0.717) is 29.6 Å². The van der Waals surface area contributed by atoms with Gasteiger partial charge in [0.05, 0.1) is 17.1 Å². The zero-order valence-electron chi connectivity index (χ0n) is 20.0. The normalized spacial score (nSPS) is 18.9. The van der Waals surface area contributed by atoms with Crippen molar-refractivity contribution in [3.63, 3.8) is 0 Å². The summed E-state index contributed by atoms with van der Waals surface area (Å²) in [6.45, 7) is 5.57. The van der Waals surface area contributed by atoms with Gasteiger partial charge < -0.3 is 14.2 Å². The van der Waals surface area contributed by atoms with E-state index in [2.05, 4.69) is 9.97 Å². The van der Waals surface area contributed by atoms with Crippen molar-refractivity contribution in [2.75, 3.05) is 31.2 Å². The van der Waals surface area contributed by atoms with Crippen molar-refractivity contribution in [3.8, 4) is 5.69 Å². The SMILES string of the molecule is CC(C)(C)OC(=O)N1CCN(c2ncnc3c2c(C2CC2)cn3-c2cc(F)cc(F)c2)C[C@@H]1CF. The van der Waals surface area contributed by atoms with Gasteiger partial charge in [0.2, 0.25) is 0 Å². The lowest BCUT2D eigenvalue weighted by Gasteiger charge is -2.41. The Kier molecular flexibility index (Phi) is 5.85. The topological polar surface area (TPSA) is 63.5 Å². The van der Waals surface area contributed by atoms with Crippen LogP contribution in [-0.2, 0) is 4.74 Å². The van der Waals surface area contributed by atoms with Gasteiger partial charge in [-0.15, -0.1) is 0 Å². The number of benzene rings is 1. The second kappa shape index (κ2) is 8.73. The molecule has 1 aliphatic carbocycles. The molecule has 1 atom stereocenters. The molecular weight excluding hydrogens is 459 g/mol. The van der Waals surface area contributed by atoms with Gasteiger partial charge in [-0.25, -0.2) is 27.9 Å². The van der Waals surface area contributed by atoms with Crippen LogP contribution in [-0.4, -0.2) is 63.5 Å². The van der Waals surface area contributed by atoms with Crippen LogP contribution in [0.15, 0.2) is 30.7 Å². The van der Waals surface area contributed by atoms with Crippen molar-refractivity contribution in [1.82, 2.24) is 19.4 Å². The fourth-order valence-electron chi connectivity index (χ4n) is 4.63. The van der Waals surface area contributed by atoms with Gasteiger partial charge >= 0.3 is 6.09 Å². The van der Waals surface area contributed by atoms with Crippen molar-refractivity contribution >= 4 is 22.9 Å². The number of amides is 1. The molecule has 1 saturated heterocycles. The number of aromatic nitrogens is 3. The molecule has 35 heavy (non-hydrogen) atoms. The lowest BCUT2D eigenvalue weighted by atomic mass is 10.1. The van der Waals surface area contributed by atoms with Gasteiger partial charge in [-0.3, -0.25) is 4.90 Å². The minimum absolute atomic E-state index is 0.242. The summed E-state index contributed by atoms with van der Waals surface area (Å²) in [5.74, 6) is -0.405. The number of ether oxygens (including phenoxy) is 1. The summed E-state index contributed by atoms with van der Waals surface area (Å²) < 4.78 is 49.2. The summed E-state index contributed by atoms with van der Waals surface area (Å²) in [6, 6.07) is 2.67. The average molecular weight is 488 g/mol. The third kappa shape index (κ3) is 4.66. The molecule has 10 heteroatoms. The minimum Gasteiger partial charge on any atom is -0.444 e. The largest absolute Gasteiger partial charge is 0.444 e. The predicted octanol–water partition coefficient (Wildman–Crippen LogP) is 4.97. The van der Waals surface area contributed by atoms with E-state index >= 15 is 0 Å². The molecule has 1 amide bonds. The lowest BCUT2D eigenvalue weighted by molar-refractivity contribution is 0.0113. The smallest absolute Gasteiger partial charge is 0.410 e. The number of piperazine rings is 1. The summed E-state index contributed by atoms with van der Waals surface area (Å²) in [6.07, 6.45) is 4.75. The Morgan fingerprint density at radius 1 is 1.11 bits per heavy atom. The second-order valence-electron chi connectivity index (χ2n) is 10.2. The molecule has 3 aromatic rings. The number of fused-ring (bicyclic) bond motifs is 1. The van der Waals surface area contributed by atoms with E-state index < -0.39 is 36.0 Å². The number of carbonyl (C=O) groups excluding carboxylic acids is 1. The maximum absolute atomic E-state index is 14.1. The number of hydrogen-bond acceptors (Lipinski definition) is 5. The Hall–Kier alpha value is -3.30. The molecule has 0 bridgehead atoms. The third-order valence-electron chi connectivity index (χ3n) is 6.32. The number of anilines is 1. The van der Waals surface area contributed by atoms with Gasteiger partial charge in [-0.05, 0) is 57.2 Å². The summed E-state index contributed by atoms with van der Waals surface area (Å²) in [4.78, 5) is 25.0. The van der Waals surface area contributed by atoms with Crippen LogP contribution in [0.3, 0.4) is 0 Å². The first kappa shape index (κ1) is 23.4. The Balaban J connectivity index is 1.52. The first-order valence-electron chi connectivity index (χ1n) is 11.8. The molecule has 2 aliphatic rings. The fraction of sp³-hybridized carbons (Fsp3) is 0.480. The van der Waals surface area contributed by atoms with Crippen molar-refractivity contribution in [2.45, 2.75) is 51.2 Å². The monoisotopic (exact) mass is 487 g/mol. The number of halogens is 3. The van der Waals surface area contributed by atoms with Gasteiger partial charge in [0.1, 0.15) is 41.7 Å². The molecule has 2 aromatic heterocycles. The Bertz CT molecular complexity index is 1250. The third-order valence-corrected chi connectivity index (χ3v) is 6.32. The summed E-state index contributed by atoms with van der Waals surface area (Å²) in [7, 11) is 0. The number of rotatable bonds is 4. The van der Waals surface area contributed by atoms with E-state index in [-0.39, 0.29) is 13.1 Å². The highest BCUT2D eigenvalue weighted by atomic mass is 19.1. The first-order chi connectivity index (χ1) is 16.6. The van der Waals surface area contributed by atoms with Crippen LogP contribution in [0.1, 0.15) is 45.1 Å². The summed E-state index contributed by atoms with van der Waals surface area (Å²) >= 11 is 0. The molecular formula is C25H28F3N5O2. The maximum Gasteiger partial charge on any atom is 0.410 e. The predicted molar refractivity (Wildman–Crippen MR) is 126 cm³/mol. The number of hydrogen-bond donors (Lipinski definition) is 0. The van der Waals surface area contributed by atoms with Crippen LogP contribution in [0.5, 0.6) is 0 Å². The molecule has 5 rings (SSSR count). The van der Waals surface area contributed by atoms with Crippen molar-refractivity contribution in [2.24, 2.45) is 0 Å². The maximum atomic E-state index is 14.1. The summed E-state index contributed by atoms with van der Waals surface area (Å²) in [5.41, 5.74) is 1.20. The highest BCUT2D eigenvalue weighted by molar-refractivity contribution is 5.93. The van der Waals surface area contributed by atoms with Crippen LogP contribution in [0.25, 0.3) is 16.7 Å². The van der Waals surface area contributed by atoms with E-state index in [1.165, 1.54) is 23.4 Å². The quantitative estimate of drug-likeness (QED) is 0.520. The number of carbonyl (C=O) groups is 1. The highest BCUT2D eigenvalue weighted by Gasteiger charge is 2.36. The van der Waals surface area contributed by atoms with Crippen LogP contribution >= 0.6 is 0 Å². The van der Waals surface area contributed by atoms with E-state index in [1.807, 2.05) is 11.1 Å². The fourth-order valence-corrected chi connectivity index (χ4v) is 4.63. The van der Waals surface area contributed by atoms with Gasteiger partial charge in [0.15, 0.2) is 0 Å². The minimum atomic E-state index is -0.719. The van der Waals surface area contributed by atoms with E-state index in [0.717, 1.165) is 29.9 Å². The zero-order valence-corrected chi connectivity index (χ0v) is 20.0. The van der Waals surface area contributed by atoms with E-state index in [9.17, 15) is 18.0 Å². The van der Waals surface area contributed by atoms with Gasteiger partial charge in [0.25, 0.3) is 0 Å². The van der Waals surface area contributed by atoms with Crippen LogP contribution in [0, 0.1) is 11.6 Å². The molecule has 2 fully saturated rings. The lowest BCUT2D eigenvalue weighted by Crippen LogP contribution is -2.57. The molecule has 1 aliphatic heterocycles. The summed E-state index contributed by atoms with van der Waals surface area (Å²) in [5, 5.41) is 0.794. The van der Waals surface area contributed by atoms with Gasteiger partial charge in [0, 0.05) is 31.9 Å². The molecule has 0 radical (unpaired) electrons. The first-order valence-corrected chi connectivity index (χ1v) is 11.8. The van der Waals surface area contributed by atoms with Crippen LogP contribution in [0.4, 0.5) is 23.8 Å². The molecule has 0 unspecified atom stereocenters. The van der Waals surface area contributed by atoms with E-state index in [1.54, 1.807) is 25.3 Å².